The van der Waals surface area contributed by atoms with Gasteiger partial charge in [0.15, 0.2) is 0 Å². The maximum Gasteiger partial charge on any atom is 0.306 e. The minimum absolute atomic E-state index is 0.0301. The van der Waals surface area contributed by atoms with E-state index in [1.165, 1.54) is 11.3 Å². The number of nitrogens with one attached hydrogen (secondary N) is 1. The lowest BCUT2D eigenvalue weighted by molar-refractivity contribution is -0.144. The molecule has 0 aliphatic heterocycles. The van der Waals surface area contributed by atoms with E-state index in [1.807, 2.05) is 12.1 Å². The minimum Gasteiger partial charge on any atom is -0.481 e. The molecule has 0 unspecified atom stereocenters. The highest BCUT2D eigenvalue weighted by Crippen LogP contribution is 2.29. The molecular weight excluding hydrogens is 298 g/mol. The predicted octanol–water partition coefficient (Wildman–Crippen LogP) is 2.95. The van der Waals surface area contributed by atoms with Gasteiger partial charge in [-0.05, 0) is 44.2 Å². The number of carbonyl (C=O) groups is 2. The van der Waals surface area contributed by atoms with Crippen LogP contribution < -0.4 is 5.32 Å². The highest BCUT2D eigenvalue weighted by Gasteiger charge is 2.29. The third kappa shape index (κ3) is 4.21. The summed E-state index contributed by atoms with van der Waals surface area (Å²) in [6, 6.07) is 3.83. The topological polar surface area (TPSA) is 66.4 Å². The summed E-state index contributed by atoms with van der Waals surface area (Å²) in [6.45, 7) is 0.606. The van der Waals surface area contributed by atoms with E-state index in [1.54, 1.807) is 0 Å². The number of carboxylic acids is 1. The van der Waals surface area contributed by atoms with E-state index in [0.717, 1.165) is 15.6 Å². The van der Waals surface area contributed by atoms with Gasteiger partial charge in [-0.1, -0.05) is 11.6 Å². The second kappa shape index (κ2) is 7.09. The van der Waals surface area contributed by atoms with Gasteiger partial charge in [-0.25, -0.2) is 0 Å². The normalized spacial score (nSPS) is 22.4. The molecule has 0 atom stereocenters. The van der Waals surface area contributed by atoms with E-state index in [9.17, 15) is 9.59 Å². The highest BCUT2D eigenvalue weighted by atomic mass is 35.5. The second-order valence-corrected chi connectivity index (χ2v) is 6.93. The van der Waals surface area contributed by atoms with Crippen molar-refractivity contribution < 1.29 is 14.7 Å². The molecule has 2 N–H and O–H groups in total. The van der Waals surface area contributed by atoms with Crippen molar-refractivity contribution in [3.05, 3.63) is 21.3 Å². The first-order chi connectivity index (χ1) is 9.56. The Bertz CT molecular complexity index is 481. The standard InChI is InChI=1S/C14H18ClNO3S/c15-12-6-5-11(20-12)7-8-16-13(17)9-1-3-10(4-2-9)14(18)19/h5-6,9-10H,1-4,7-8H2,(H,16,17)(H,18,19). The predicted molar refractivity (Wildman–Crippen MR) is 79.1 cm³/mol. The fourth-order valence-corrected chi connectivity index (χ4v) is 3.63. The Morgan fingerprint density at radius 1 is 1.25 bits per heavy atom. The summed E-state index contributed by atoms with van der Waals surface area (Å²) in [5.41, 5.74) is 0. The van der Waals surface area contributed by atoms with Crippen molar-refractivity contribution in [2.24, 2.45) is 11.8 Å². The second-order valence-electron chi connectivity index (χ2n) is 5.13. The lowest BCUT2D eigenvalue weighted by Gasteiger charge is -2.25. The maximum atomic E-state index is 12.0. The number of hydrogen-bond donors (Lipinski definition) is 2. The monoisotopic (exact) mass is 315 g/mol. The smallest absolute Gasteiger partial charge is 0.306 e. The van der Waals surface area contributed by atoms with E-state index in [-0.39, 0.29) is 17.7 Å². The van der Waals surface area contributed by atoms with Crippen LogP contribution in [0.5, 0.6) is 0 Å². The lowest BCUT2D eigenvalue weighted by atomic mass is 9.81. The first kappa shape index (κ1) is 15.3. The van der Waals surface area contributed by atoms with Crippen LogP contribution in [0.1, 0.15) is 30.6 Å². The fraction of sp³-hybridized carbons (Fsp3) is 0.571. The van der Waals surface area contributed by atoms with Crippen molar-refractivity contribution >= 4 is 34.8 Å². The maximum absolute atomic E-state index is 12.0. The summed E-state index contributed by atoms with van der Waals surface area (Å²) in [5, 5.41) is 11.9. The molecule has 0 aromatic carbocycles. The van der Waals surface area contributed by atoms with Crippen molar-refractivity contribution in [1.29, 1.82) is 0 Å². The van der Waals surface area contributed by atoms with Crippen LogP contribution in [0.4, 0.5) is 0 Å². The Hall–Kier alpha value is -1.07. The quantitative estimate of drug-likeness (QED) is 0.878. The van der Waals surface area contributed by atoms with Crippen LogP contribution in [0.3, 0.4) is 0 Å². The number of carboxylic acid groups (broad SMARTS) is 1. The molecule has 2 rings (SSSR count). The molecule has 0 radical (unpaired) electrons. The molecule has 1 aliphatic carbocycles. The zero-order chi connectivity index (χ0) is 14.5. The van der Waals surface area contributed by atoms with Gasteiger partial charge in [-0.3, -0.25) is 9.59 Å². The van der Waals surface area contributed by atoms with Gasteiger partial charge in [-0.2, -0.15) is 0 Å². The van der Waals surface area contributed by atoms with E-state index >= 15 is 0 Å². The van der Waals surface area contributed by atoms with Crippen LogP contribution >= 0.6 is 22.9 Å². The van der Waals surface area contributed by atoms with Gasteiger partial charge in [0.05, 0.1) is 10.3 Å². The summed E-state index contributed by atoms with van der Waals surface area (Å²) in [7, 11) is 0. The van der Waals surface area contributed by atoms with Crippen molar-refractivity contribution in [3.63, 3.8) is 0 Å². The van der Waals surface area contributed by atoms with E-state index < -0.39 is 5.97 Å². The van der Waals surface area contributed by atoms with E-state index in [0.29, 0.717) is 32.2 Å². The zero-order valence-corrected chi connectivity index (χ0v) is 12.7. The van der Waals surface area contributed by atoms with Crippen LogP contribution in [-0.2, 0) is 16.0 Å². The van der Waals surface area contributed by atoms with Gasteiger partial charge < -0.3 is 10.4 Å². The van der Waals surface area contributed by atoms with E-state index in [4.69, 9.17) is 16.7 Å². The van der Waals surface area contributed by atoms with Crippen LogP contribution in [-0.4, -0.2) is 23.5 Å². The highest BCUT2D eigenvalue weighted by molar-refractivity contribution is 7.16. The van der Waals surface area contributed by atoms with Crippen molar-refractivity contribution in [2.45, 2.75) is 32.1 Å². The molecule has 110 valence electrons. The molecule has 1 aromatic heterocycles. The van der Waals surface area contributed by atoms with Gasteiger partial charge in [-0.15, -0.1) is 11.3 Å². The van der Waals surface area contributed by atoms with Crippen molar-refractivity contribution in [1.82, 2.24) is 5.32 Å². The average Bonchev–Trinajstić information content (AvgIpc) is 2.84. The number of aliphatic carboxylic acids is 1. The summed E-state index contributed by atoms with van der Waals surface area (Å²) in [6.07, 6.45) is 3.34. The third-order valence-corrected chi connectivity index (χ3v) is 5.04. The number of rotatable bonds is 5. The first-order valence-electron chi connectivity index (χ1n) is 6.81. The molecule has 1 saturated carbocycles. The Balaban J connectivity index is 1.69. The molecule has 1 aromatic rings. The number of hydrogen-bond acceptors (Lipinski definition) is 3. The van der Waals surface area contributed by atoms with Crippen LogP contribution in [0.15, 0.2) is 12.1 Å². The van der Waals surface area contributed by atoms with Crippen LogP contribution in [0.2, 0.25) is 4.34 Å². The molecule has 0 bridgehead atoms. The van der Waals surface area contributed by atoms with E-state index in [2.05, 4.69) is 5.32 Å². The number of thiophene rings is 1. The summed E-state index contributed by atoms with van der Waals surface area (Å²) < 4.78 is 0.762. The Kier molecular flexibility index (Phi) is 5.43. The van der Waals surface area contributed by atoms with Crippen molar-refractivity contribution in [3.8, 4) is 0 Å². The summed E-state index contributed by atoms with van der Waals surface area (Å²) in [4.78, 5) is 24.0. The SMILES string of the molecule is O=C(O)C1CCC(C(=O)NCCc2ccc(Cl)s2)CC1. The molecule has 0 spiro atoms. The zero-order valence-electron chi connectivity index (χ0n) is 11.1. The van der Waals surface area contributed by atoms with Crippen molar-refractivity contribution in [2.75, 3.05) is 6.54 Å². The van der Waals surface area contributed by atoms with Gasteiger partial charge in [0.2, 0.25) is 5.91 Å². The molecule has 6 heteroatoms. The molecule has 1 heterocycles. The molecule has 1 aliphatic rings. The molecule has 4 nitrogen and oxygen atoms in total. The number of carbonyl (C=O) groups excluding carboxylic acids is 1. The van der Waals surface area contributed by atoms with Crippen LogP contribution in [0.25, 0.3) is 0 Å². The third-order valence-electron chi connectivity index (χ3n) is 3.75. The molecule has 20 heavy (non-hydrogen) atoms. The average molecular weight is 316 g/mol. The largest absolute Gasteiger partial charge is 0.481 e. The Morgan fingerprint density at radius 2 is 1.90 bits per heavy atom. The molecule has 1 fully saturated rings. The van der Waals surface area contributed by atoms with Gasteiger partial charge in [0.25, 0.3) is 0 Å². The summed E-state index contributed by atoms with van der Waals surface area (Å²) >= 11 is 7.37. The summed E-state index contributed by atoms with van der Waals surface area (Å²) in [5.74, 6) is -0.986. The number of amides is 1. The van der Waals surface area contributed by atoms with Gasteiger partial charge in [0.1, 0.15) is 0 Å². The minimum atomic E-state index is -0.738. The van der Waals surface area contributed by atoms with Gasteiger partial charge >= 0.3 is 5.97 Å². The molecular formula is C14H18ClNO3S. The first-order valence-corrected chi connectivity index (χ1v) is 8.00. The number of halogens is 1. The van der Waals surface area contributed by atoms with Crippen LogP contribution in [0, 0.1) is 11.8 Å². The molecule has 0 saturated heterocycles. The Labute approximate surface area is 127 Å². The Morgan fingerprint density at radius 3 is 2.45 bits per heavy atom. The fourth-order valence-electron chi connectivity index (χ4n) is 2.54. The molecule has 1 amide bonds. The van der Waals surface area contributed by atoms with Gasteiger partial charge in [0, 0.05) is 17.3 Å². The lowest BCUT2D eigenvalue weighted by Crippen LogP contribution is -2.35.